The lowest BCUT2D eigenvalue weighted by atomic mass is 10.0. The number of ether oxygens (including phenoxy) is 1. The van der Waals surface area contributed by atoms with Crippen molar-refractivity contribution >= 4 is 0 Å². The van der Waals surface area contributed by atoms with Crippen LogP contribution in [0.2, 0.25) is 0 Å². The van der Waals surface area contributed by atoms with Crippen LogP contribution in [0.1, 0.15) is 36.7 Å². The van der Waals surface area contributed by atoms with Gasteiger partial charge in [-0.1, -0.05) is 17.3 Å². The Labute approximate surface area is 118 Å². The molecule has 1 aliphatic rings. The molecule has 0 fully saturated rings. The van der Waals surface area contributed by atoms with Crippen LogP contribution < -0.4 is 10.1 Å². The van der Waals surface area contributed by atoms with Gasteiger partial charge in [0.15, 0.2) is 5.82 Å². The minimum atomic E-state index is -0.0876. The first kappa shape index (κ1) is 13.1. The normalized spacial score (nSPS) is 15.9. The van der Waals surface area contributed by atoms with Gasteiger partial charge in [-0.25, -0.2) is 0 Å². The van der Waals surface area contributed by atoms with Gasteiger partial charge in [0.05, 0.1) is 6.54 Å². The van der Waals surface area contributed by atoms with Crippen molar-refractivity contribution in [3.63, 3.8) is 0 Å². The van der Waals surface area contributed by atoms with Crippen molar-refractivity contribution in [2.45, 2.75) is 45.9 Å². The largest absolute Gasteiger partial charge is 0.487 e. The summed E-state index contributed by atoms with van der Waals surface area (Å²) in [6.07, 6.45) is 0.957. The number of aryl methyl sites for hydroxylation is 1. The second-order valence-electron chi connectivity index (χ2n) is 5.82. The molecule has 0 saturated heterocycles. The van der Waals surface area contributed by atoms with Crippen molar-refractivity contribution in [2.75, 3.05) is 0 Å². The van der Waals surface area contributed by atoms with E-state index in [1.165, 1.54) is 11.1 Å². The Hall–Kier alpha value is -1.88. The lowest BCUT2D eigenvalue weighted by Crippen LogP contribution is -2.24. The zero-order chi connectivity index (χ0) is 14.2. The number of fused-ring (bicyclic) bond motifs is 1. The number of rotatable bonds is 4. The SMILES string of the molecule is Cc1noc(CNCc2ccc3c(c2)CC(C)(C)O3)n1. The van der Waals surface area contributed by atoms with Crippen LogP contribution >= 0.6 is 0 Å². The van der Waals surface area contributed by atoms with Crippen LogP contribution in [0, 0.1) is 6.92 Å². The maximum Gasteiger partial charge on any atom is 0.240 e. The van der Waals surface area contributed by atoms with Crippen molar-refractivity contribution in [2.24, 2.45) is 0 Å². The molecule has 0 spiro atoms. The van der Waals surface area contributed by atoms with Gasteiger partial charge in [0, 0.05) is 13.0 Å². The smallest absolute Gasteiger partial charge is 0.240 e. The van der Waals surface area contributed by atoms with E-state index in [4.69, 9.17) is 9.26 Å². The summed E-state index contributed by atoms with van der Waals surface area (Å²) >= 11 is 0. The van der Waals surface area contributed by atoms with Crippen LogP contribution in [0.5, 0.6) is 5.75 Å². The summed E-state index contributed by atoms with van der Waals surface area (Å²) in [4.78, 5) is 4.16. The summed E-state index contributed by atoms with van der Waals surface area (Å²) in [7, 11) is 0. The van der Waals surface area contributed by atoms with Crippen LogP contribution in [-0.4, -0.2) is 15.7 Å². The second kappa shape index (κ2) is 4.90. The molecule has 0 radical (unpaired) electrons. The van der Waals surface area contributed by atoms with Crippen LogP contribution in [0.25, 0.3) is 0 Å². The molecule has 1 aliphatic heterocycles. The highest BCUT2D eigenvalue weighted by molar-refractivity contribution is 5.41. The first-order chi connectivity index (χ1) is 9.52. The van der Waals surface area contributed by atoms with E-state index in [-0.39, 0.29) is 5.60 Å². The fourth-order valence-corrected chi connectivity index (χ4v) is 2.50. The molecule has 2 heterocycles. The van der Waals surface area contributed by atoms with E-state index in [1.54, 1.807) is 0 Å². The summed E-state index contributed by atoms with van der Waals surface area (Å²) in [5, 5.41) is 7.07. The van der Waals surface area contributed by atoms with Crippen molar-refractivity contribution in [3.05, 3.63) is 41.0 Å². The molecule has 0 unspecified atom stereocenters. The molecular weight excluding hydrogens is 254 g/mol. The van der Waals surface area contributed by atoms with Crippen molar-refractivity contribution in [3.8, 4) is 5.75 Å². The van der Waals surface area contributed by atoms with Crippen molar-refractivity contribution in [1.29, 1.82) is 0 Å². The van der Waals surface area contributed by atoms with Gasteiger partial charge in [0.25, 0.3) is 0 Å². The van der Waals surface area contributed by atoms with Gasteiger partial charge in [0.1, 0.15) is 11.4 Å². The van der Waals surface area contributed by atoms with Gasteiger partial charge in [-0.2, -0.15) is 4.98 Å². The quantitative estimate of drug-likeness (QED) is 0.926. The standard InChI is InChI=1S/C15H19N3O2/c1-10-17-14(20-18-10)9-16-8-11-4-5-13-12(6-11)7-15(2,3)19-13/h4-6,16H,7-9H2,1-3H3. The van der Waals surface area contributed by atoms with Gasteiger partial charge >= 0.3 is 0 Å². The van der Waals surface area contributed by atoms with Gasteiger partial charge < -0.3 is 14.6 Å². The minimum Gasteiger partial charge on any atom is -0.487 e. The number of benzene rings is 1. The highest BCUT2D eigenvalue weighted by Crippen LogP contribution is 2.35. The predicted octanol–water partition coefficient (Wildman–Crippen LogP) is 2.38. The molecule has 0 aliphatic carbocycles. The van der Waals surface area contributed by atoms with E-state index < -0.39 is 0 Å². The lowest BCUT2D eigenvalue weighted by Gasteiger charge is -2.16. The maximum absolute atomic E-state index is 5.87. The van der Waals surface area contributed by atoms with E-state index in [2.05, 4.69) is 47.5 Å². The second-order valence-corrected chi connectivity index (χ2v) is 5.82. The highest BCUT2D eigenvalue weighted by atomic mass is 16.5. The van der Waals surface area contributed by atoms with E-state index >= 15 is 0 Å². The fraction of sp³-hybridized carbons (Fsp3) is 0.467. The van der Waals surface area contributed by atoms with Crippen LogP contribution in [0.15, 0.2) is 22.7 Å². The van der Waals surface area contributed by atoms with Gasteiger partial charge in [-0.05, 0) is 38.0 Å². The Balaban J connectivity index is 1.59. The molecule has 0 bridgehead atoms. The number of aromatic nitrogens is 2. The third kappa shape index (κ3) is 2.82. The first-order valence-electron chi connectivity index (χ1n) is 6.83. The molecule has 0 amide bonds. The average molecular weight is 273 g/mol. The number of nitrogens with zero attached hydrogens (tertiary/aromatic N) is 2. The number of hydrogen-bond donors (Lipinski definition) is 1. The topological polar surface area (TPSA) is 60.2 Å². The highest BCUT2D eigenvalue weighted by Gasteiger charge is 2.29. The summed E-state index contributed by atoms with van der Waals surface area (Å²) < 4.78 is 10.9. The molecule has 1 aromatic carbocycles. The van der Waals surface area contributed by atoms with Gasteiger partial charge in [-0.15, -0.1) is 0 Å². The van der Waals surface area contributed by atoms with Gasteiger partial charge in [-0.3, -0.25) is 0 Å². The molecule has 5 nitrogen and oxygen atoms in total. The first-order valence-corrected chi connectivity index (χ1v) is 6.83. The van der Waals surface area contributed by atoms with Gasteiger partial charge in [0.2, 0.25) is 5.89 Å². The molecule has 5 heteroatoms. The summed E-state index contributed by atoms with van der Waals surface area (Å²) in [6, 6.07) is 6.35. The maximum atomic E-state index is 5.87. The molecule has 0 saturated carbocycles. The van der Waals surface area contributed by atoms with E-state index in [0.29, 0.717) is 18.3 Å². The monoisotopic (exact) mass is 273 g/mol. The molecule has 2 aromatic rings. The zero-order valence-corrected chi connectivity index (χ0v) is 12.1. The molecule has 3 rings (SSSR count). The minimum absolute atomic E-state index is 0.0876. The molecule has 106 valence electrons. The van der Waals surface area contributed by atoms with Crippen LogP contribution in [0.4, 0.5) is 0 Å². The summed E-state index contributed by atoms with van der Waals surface area (Å²) in [6.45, 7) is 7.40. The van der Waals surface area contributed by atoms with E-state index in [9.17, 15) is 0 Å². The van der Waals surface area contributed by atoms with Crippen molar-refractivity contribution < 1.29 is 9.26 Å². The summed E-state index contributed by atoms with van der Waals surface area (Å²) in [5.74, 6) is 2.29. The Bertz CT molecular complexity index is 619. The van der Waals surface area contributed by atoms with Crippen LogP contribution in [-0.2, 0) is 19.5 Å². The Kier molecular flexibility index (Phi) is 3.22. The fourth-order valence-electron chi connectivity index (χ4n) is 2.50. The van der Waals surface area contributed by atoms with E-state index in [1.807, 2.05) is 6.92 Å². The van der Waals surface area contributed by atoms with E-state index in [0.717, 1.165) is 18.7 Å². The Morgan fingerprint density at radius 3 is 2.90 bits per heavy atom. The predicted molar refractivity (Wildman–Crippen MR) is 74.4 cm³/mol. The third-order valence-electron chi connectivity index (χ3n) is 3.30. The molecule has 20 heavy (non-hydrogen) atoms. The van der Waals surface area contributed by atoms with Crippen LogP contribution in [0.3, 0.4) is 0 Å². The van der Waals surface area contributed by atoms with Crippen molar-refractivity contribution in [1.82, 2.24) is 15.5 Å². The molecule has 1 aromatic heterocycles. The Morgan fingerprint density at radius 2 is 2.15 bits per heavy atom. The third-order valence-corrected chi connectivity index (χ3v) is 3.30. The Morgan fingerprint density at radius 1 is 1.30 bits per heavy atom. The molecular formula is C15H19N3O2. The summed E-state index contributed by atoms with van der Waals surface area (Å²) in [5.41, 5.74) is 2.43. The number of hydrogen-bond acceptors (Lipinski definition) is 5. The lowest BCUT2D eigenvalue weighted by molar-refractivity contribution is 0.138. The average Bonchev–Trinajstić information content (AvgIpc) is 2.90. The number of nitrogens with one attached hydrogen (secondary N) is 1. The molecule has 1 N–H and O–H groups in total. The molecule has 0 atom stereocenters. The zero-order valence-electron chi connectivity index (χ0n) is 12.1.